The van der Waals surface area contributed by atoms with Crippen LogP contribution >= 0.6 is 15.9 Å². The molecule has 0 unspecified atom stereocenters. The largest absolute Gasteiger partial charge is 0.493 e. The minimum atomic E-state index is -0.688. The third-order valence-electron chi connectivity index (χ3n) is 6.45. The molecule has 1 heterocycles. The molecule has 1 amide bonds. The van der Waals surface area contributed by atoms with Crippen LogP contribution in [0, 0.1) is 5.92 Å². The van der Waals surface area contributed by atoms with E-state index in [2.05, 4.69) is 15.9 Å². The van der Waals surface area contributed by atoms with E-state index in [0.717, 1.165) is 47.9 Å². The molecule has 2 aromatic carbocycles. The van der Waals surface area contributed by atoms with E-state index >= 15 is 0 Å². The quantitative estimate of drug-likeness (QED) is 0.452. The number of amides is 1. The molecule has 1 saturated carbocycles. The second-order valence-corrected chi connectivity index (χ2v) is 11.2. The summed E-state index contributed by atoms with van der Waals surface area (Å²) in [6.45, 7) is 7.67. The minimum absolute atomic E-state index is 0.234. The van der Waals surface area contributed by atoms with Gasteiger partial charge in [0.1, 0.15) is 22.8 Å². The fraction of sp³-hybridized carbons (Fsp3) is 0.519. The number of piperidine rings is 1. The fourth-order valence-electron chi connectivity index (χ4n) is 4.23. The molecule has 0 bridgehead atoms. The fourth-order valence-corrected chi connectivity index (χ4v) is 4.69. The van der Waals surface area contributed by atoms with E-state index in [1.807, 2.05) is 63.2 Å². The van der Waals surface area contributed by atoms with Gasteiger partial charge < -0.3 is 24.2 Å². The zero-order valence-electron chi connectivity index (χ0n) is 20.2. The Bertz CT molecular complexity index is 989. The Morgan fingerprint density at radius 3 is 2.29 bits per heavy atom. The summed E-state index contributed by atoms with van der Waals surface area (Å²) >= 11 is 3.57. The van der Waals surface area contributed by atoms with Crippen molar-refractivity contribution in [2.24, 2.45) is 5.92 Å². The average Bonchev–Trinajstić information content (AvgIpc) is 2.77. The van der Waals surface area contributed by atoms with Gasteiger partial charge in [-0.25, -0.2) is 4.79 Å². The molecule has 184 valence electrons. The van der Waals surface area contributed by atoms with Crippen LogP contribution in [-0.2, 0) is 10.3 Å². The van der Waals surface area contributed by atoms with E-state index in [0.29, 0.717) is 37.1 Å². The molecule has 0 aromatic heterocycles. The molecule has 2 aliphatic rings. The number of rotatable bonds is 6. The van der Waals surface area contributed by atoms with E-state index in [1.54, 1.807) is 4.90 Å². The monoisotopic (exact) mass is 531 g/mol. The van der Waals surface area contributed by atoms with Gasteiger partial charge in [0.15, 0.2) is 0 Å². The van der Waals surface area contributed by atoms with Crippen LogP contribution in [0.3, 0.4) is 0 Å². The smallest absolute Gasteiger partial charge is 0.410 e. The number of hydrogen-bond acceptors (Lipinski definition) is 5. The summed E-state index contributed by atoms with van der Waals surface area (Å²) < 4.78 is 18.3. The van der Waals surface area contributed by atoms with E-state index in [1.165, 1.54) is 0 Å². The lowest BCUT2D eigenvalue weighted by Crippen LogP contribution is -2.42. The van der Waals surface area contributed by atoms with Crippen molar-refractivity contribution in [3.05, 3.63) is 52.5 Å². The van der Waals surface area contributed by atoms with Crippen LogP contribution in [0.2, 0.25) is 0 Å². The Morgan fingerprint density at radius 1 is 1.09 bits per heavy atom. The molecule has 0 atom stereocenters. The number of carbonyl (C=O) groups is 1. The molecule has 0 spiro atoms. The van der Waals surface area contributed by atoms with Gasteiger partial charge >= 0.3 is 6.09 Å². The first kappa shape index (κ1) is 24.9. The van der Waals surface area contributed by atoms with Crippen molar-refractivity contribution in [2.45, 2.75) is 64.1 Å². The highest BCUT2D eigenvalue weighted by Gasteiger charge is 2.36. The zero-order valence-corrected chi connectivity index (χ0v) is 21.8. The molecule has 1 aliphatic heterocycles. The van der Waals surface area contributed by atoms with Crippen LogP contribution in [0.5, 0.6) is 17.2 Å². The van der Waals surface area contributed by atoms with Crippen molar-refractivity contribution >= 4 is 22.0 Å². The Hall–Kier alpha value is -2.25. The lowest BCUT2D eigenvalue weighted by Gasteiger charge is -2.37. The van der Waals surface area contributed by atoms with Gasteiger partial charge in [0.25, 0.3) is 0 Å². The average molecular weight is 532 g/mol. The number of ether oxygens (including phenoxy) is 3. The summed E-state index contributed by atoms with van der Waals surface area (Å²) in [5.41, 5.74) is -0.226. The molecule has 1 aliphatic carbocycles. The normalized spacial score (nSPS) is 18.2. The molecular weight excluding hydrogens is 498 g/mol. The third-order valence-corrected chi connectivity index (χ3v) is 7.07. The highest BCUT2D eigenvalue weighted by Crippen LogP contribution is 2.43. The van der Waals surface area contributed by atoms with Crippen LogP contribution in [0.25, 0.3) is 0 Å². The summed E-state index contributed by atoms with van der Waals surface area (Å²) in [6.07, 6.45) is 4.25. The van der Waals surface area contributed by atoms with Crippen molar-refractivity contribution in [1.82, 2.24) is 4.90 Å². The second kappa shape index (κ2) is 10.2. The van der Waals surface area contributed by atoms with E-state index in [-0.39, 0.29) is 6.09 Å². The maximum absolute atomic E-state index is 12.2. The second-order valence-electron chi connectivity index (χ2n) is 10.3. The van der Waals surface area contributed by atoms with Gasteiger partial charge in [0, 0.05) is 13.1 Å². The van der Waals surface area contributed by atoms with Gasteiger partial charge in [-0.1, -0.05) is 6.07 Å². The molecule has 1 N–H and O–H groups in total. The highest BCUT2D eigenvalue weighted by molar-refractivity contribution is 9.10. The van der Waals surface area contributed by atoms with Crippen LogP contribution in [0.1, 0.15) is 58.4 Å². The van der Waals surface area contributed by atoms with Crippen LogP contribution in [0.4, 0.5) is 4.79 Å². The van der Waals surface area contributed by atoms with Gasteiger partial charge in [-0.15, -0.1) is 0 Å². The van der Waals surface area contributed by atoms with E-state index < -0.39 is 11.2 Å². The molecule has 2 aromatic rings. The predicted octanol–water partition coefficient (Wildman–Crippen LogP) is 6.64. The van der Waals surface area contributed by atoms with E-state index in [9.17, 15) is 9.90 Å². The van der Waals surface area contributed by atoms with Crippen molar-refractivity contribution in [3.8, 4) is 17.2 Å². The maximum Gasteiger partial charge on any atom is 0.410 e. The Morgan fingerprint density at radius 2 is 1.74 bits per heavy atom. The Kier molecular flexibility index (Phi) is 7.43. The molecule has 1 saturated heterocycles. The zero-order chi connectivity index (χ0) is 24.3. The van der Waals surface area contributed by atoms with Crippen LogP contribution in [0.15, 0.2) is 46.9 Å². The molecule has 0 radical (unpaired) electrons. The van der Waals surface area contributed by atoms with Gasteiger partial charge in [-0.2, -0.15) is 0 Å². The van der Waals surface area contributed by atoms with E-state index in [4.69, 9.17) is 14.2 Å². The van der Waals surface area contributed by atoms with Crippen LogP contribution in [-0.4, -0.2) is 41.4 Å². The van der Waals surface area contributed by atoms with Crippen molar-refractivity contribution < 1.29 is 24.1 Å². The number of nitrogens with zero attached hydrogens (tertiary/aromatic N) is 1. The number of halogens is 1. The first-order valence-corrected chi connectivity index (χ1v) is 12.8. The summed E-state index contributed by atoms with van der Waals surface area (Å²) in [7, 11) is 0. The lowest BCUT2D eigenvalue weighted by atomic mass is 9.75. The number of likely N-dealkylation sites (tertiary alicyclic amines) is 1. The number of hydrogen-bond donors (Lipinski definition) is 1. The lowest BCUT2D eigenvalue weighted by molar-refractivity contribution is -0.0388. The standard InChI is InChI=1S/C27H34BrNO5/c1-26(2,3)34-25(30)29-15-11-19(12-16-29)18-32-21-6-8-22(9-7-21)33-24-10-5-20(17-23(24)28)27(31)13-4-14-27/h5-10,17,19,31H,4,11-16,18H2,1-3H3. The van der Waals surface area contributed by atoms with Gasteiger partial charge in [0.2, 0.25) is 0 Å². The highest BCUT2D eigenvalue weighted by atomic mass is 79.9. The molecule has 4 rings (SSSR count). The van der Waals surface area contributed by atoms with Crippen molar-refractivity contribution in [2.75, 3.05) is 19.7 Å². The topological polar surface area (TPSA) is 68.2 Å². The maximum atomic E-state index is 12.2. The minimum Gasteiger partial charge on any atom is -0.493 e. The third kappa shape index (κ3) is 6.25. The molecule has 7 heteroatoms. The molecular formula is C27H34BrNO5. The van der Waals surface area contributed by atoms with Gasteiger partial charge in [-0.05, 0) is 117 Å². The summed E-state index contributed by atoms with van der Waals surface area (Å²) in [4.78, 5) is 14.0. The Balaban J connectivity index is 1.24. The molecule has 6 nitrogen and oxygen atoms in total. The summed E-state index contributed by atoms with van der Waals surface area (Å²) in [5.74, 6) is 2.63. The SMILES string of the molecule is CC(C)(C)OC(=O)N1CCC(COc2ccc(Oc3ccc(C4(O)CCC4)cc3Br)cc2)CC1. The van der Waals surface area contributed by atoms with Gasteiger partial charge in [0.05, 0.1) is 16.7 Å². The van der Waals surface area contributed by atoms with Crippen LogP contribution < -0.4 is 9.47 Å². The predicted molar refractivity (Wildman–Crippen MR) is 134 cm³/mol. The first-order valence-electron chi connectivity index (χ1n) is 12.0. The van der Waals surface area contributed by atoms with Gasteiger partial charge in [-0.3, -0.25) is 0 Å². The first-order chi connectivity index (χ1) is 16.1. The molecule has 34 heavy (non-hydrogen) atoms. The van der Waals surface area contributed by atoms with Crippen molar-refractivity contribution in [3.63, 3.8) is 0 Å². The number of aliphatic hydroxyl groups is 1. The molecule has 2 fully saturated rings. The Labute approximate surface area is 210 Å². The number of benzene rings is 2. The summed E-state index contributed by atoms with van der Waals surface area (Å²) in [5, 5.41) is 10.5. The summed E-state index contributed by atoms with van der Waals surface area (Å²) in [6, 6.07) is 13.4. The number of carbonyl (C=O) groups excluding carboxylic acids is 1. The van der Waals surface area contributed by atoms with Crippen molar-refractivity contribution in [1.29, 1.82) is 0 Å².